The molecular weight excluding hydrogens is 461 g/mol. The van der Waals surface area contributed by atoms with Gasteiger partial charge in [0.2, 0.25) is 15.9 Å². The highest BCUT2D eigenvalue weighted by molar-refractivity contribution is 7.92. The minimum atomic E-state index is -3.41. The van der Waals surface area contributed by atoms with Crippen molar-refractivity contribution in [2.24, 2.45) is 0 Å². The maximum atomic E-state index is 13.0. The predicted octanol–water partition coefficient (Wildman–Crippen LogP) is 3.80. The minimum Gasteiger partial charge on any atom is -0.330 e. The van der Waals surface area contributed by atoms with Crippen LogP contribution in [0, 0.1) is 0 Å². The summed E-state index contributed by atoms with van der Waals surface area (Å²) in [6.07, 6.45) is 1.68. The first kappa shape index (κ1) is 23.4. The molecule has 0 radical (unpaired) electrons. The van der Waals surface area contributed by atoms with Crippen LogP contribution in [0.25, 0.3) is 0 Å². The van der Waals surface area contributed by atoms with Crippen LogP contribution >= 0.6 is 23.2 Å². The summed E-state index contributed by atoms with van der Waals surface area (Å²) in [5.74, 6) is -0.751. The molecule has 2 aromatic rings. The lowest BCUT2D eigenvalue weighted by molar-refractivity contribution is -0.116. The summed E-state index contributed by atoms with van der Waals surface area (Å²) < 4.78 is 25.5. The van der Waals surface area contributed by atoms with Crippen LogP contribution in [0.1, 0.15) is 29.8 Å². The number of halogens is 2. The van der Waals surface area contributed by atoms with E-state index in [2.05, 4.69) is 5.32 Å². The maximum absolute atomic E-state index is 13.0. The van der Waals surface area contributed by atoms with Crippen molar-refractivity contribution in [2.45, 2.75) is 26.3 Å². The number of likely N-dealkylation sites (N-methyl/N-ethyl adjacent to an activating group) is 1. The molecule has 3 rings (SSSR count). The van der Waals surface area contributed by atoms with Gasteiger partial charge in [-0.1, -0.05) is 29.3 Å². The lowest BCUT2D eigenvalue weighted by Gasteiger charge is -2.23. The van der Waals surface area contributed by atoms with Crippen LogP contribution in [0.15, 0.2) is 36.4 Å². The van der Waals surface area contributed by atoms with Crippen LogP contribution < -0.4 is 9.62 Å². The molecule has 1 atom stereocenters. The molecule has 10 heteroatoms. The molecule has 0 unspecified atom stereocenters. The highest BCUT2D eigenvalue weighted by Gasteiger charge is 2.33. The Balaban J connectivity index is 1.77. The van der Waals surface area contributed by atoms with Crippen LogP contribution in [0.2, 0.25) is 10.0 Å². The third kappa shape index (κ3) is 4.97. The number of amides is 2. The average Bonchev–Trinajstić information content (AvgIpc) is 3.03. The van der Waals surface area contributed by atoms with E-state index < -0.39 is 15.9 Å². The van der Waals surface area contributed by atoms with Crippen molar-refractivity contribution >= 4 is 56.4 Å². The smallest absolute Gasteiger partial charge is 0.254 e. The summed E-state index contributed by atoms with van der Waals surface area (Å²) in [6, 6.07) is 9.60. The fourth-order valence-electron chi connectivity index (χ4n) is 3.72. The van der Waals surface area contributed by atoms with Gasteiger partial charge < -0.3 is 10.2 Å². The average molecular weight is 484 g/mol. The predicted molar refractivity (Wildman–Crippen MR) is 124 cm³/mol. The zero-order valence-corrected chi connectivity index (χ0v) is 19.7. The van der Waals surface area contributed by atoms with Crippen molar-refractivity contribution < 1.29 is 18.0 Å². The molecule has 0 spiro atoms. The second kappa shape index (κ2) is 9.06. The van der Waals surface area contributed by atoms with E-state index in [0.717, 1.165) is 5.56 Å². The van der Waals surface area contributed by atoms with Gasteiger partial charge in [0.15, 0.2) is 0 Å². The quantitative estimate of drug-likeness (QED) is 0.676. The summed E-state index contributed by atoms with van der Waals surface area (Å²) in [5.41, 5.74) is 2.06. The number of hydrogen-bond acceptors (Lipinski definition) is 4. The number of para-hydroxylation sites is 1. The highest BCUT2D eigenvalue weighted by Crippen LogP contribution is 2.35. The molecule has 7 nitrogen and oxygen atoms in total. The Morgan fingerprint density at radius 2 is 1.84 bits per heavy atom. The number of nitrogens with zero attached hydrogens (tertiary/aromatic N) is 2. The fourth-order valence-corrected chi connectivity index (χ4v) is 5.48. The number of anilines is 2. The molecule has 1 aliphatic rings. The molecule has 0 fully saturated rings. The number of fused-ring (bicyclic) bond motifs is 1. The fraction of sp³-hybridized carbons (Fsp3) is 0.333. The van der Waals surface area contributed by atoms with E-state index in [0.29, 0.717) is 39.9 Å². The number of nitrogens with one attached hydrogen (secondary N) is 1. The van der Waals surface area contributed by atoms with E-state index in [1.165, 1.54) is 15.5 Å². The summed E-state index contributed by atoms with van der Waals surface area (Å²) in [7, 11) is -3.41. The highest BCUT2D eigenvalue weighted by atomic mass is 35.5. The van der Waals surface area contributed by atoms with Crippen LogP contribution in [-0.2, 0) is 21.2 Å². The molecule has 0 bridgehead atoms. The Morgan fingerprint density at radius 3 is 2.42 bits per heavy atom. The number of carbonyl (C=O) groups excluding carboxylic acids is 2. The van der Waals surface area contributed by atoms with Crippen molar-refractivity contribution in [1.29, 1.82) is 0 Å². The standard InChI is InChI=1S/C21H23Cl2N3O4S/c1-4-25(12-19(27)24-20-16(22)6-5-7-17(20)23)21(28)14-8-9-18-15(11-14)10-13(2)26(18)31(3,29)30/h5-9,11,13H,4,10,12H2,1-3H3,(H,24,27)/t13-/m1/s1. The summed E-state index contributed by atoms with van der Waals surface area (Å²) in [5, 5.41) is 3.26. The topological polar surface area (TPSA) is 86.8 Å². The molecule has 1 aliphatic heterocycles. The lowest BCUT2D eigenvalue weighted by Crippen LogP contribution is -2.38. The van der Waals surface area contributed by atoms with E-state index in [-0.39, 0.29) is 18.5 Å². The number of carbonyl (C=O) groups is 2. The summed E-state index contributed by atoms with van der Waals surface area (Å²) >= 11 is 12.2. The maximum Gasteiger partial charge on any atom is 0.254 e. The summed E-state index contributed by atoms with van der Waals surface area (Å²) in [6.45, 7) is 3.73. The van der Waals surface area contributed by atoms with Gasteiger partial charge in [0.25, 0.3) is 5.91 Å². The Morgan fingerprint density at radius 1 is 1.19 bits per heavy atom. The molecule has 1 heterocycles. The Bertz CT molecular complexity index is 1120. The Hall–Kier alpha value is -2.29. The van der Waals surface area contributed by atoms with Gasteiger partial charge in [-0.25, -0.2) is 8.42 Å². The third-order valence-corrected chi connectivity index (χ3v) is 6.97. The second-order valence-corrected chi connectivity index (χ2v) is 10.1. The largest absolute Gasteiger partial charge is 0.330 e. The molecule has 166 valence electrons. The SMILES string of the molecule is CCN(CC(=O)Nc1c(Cl)cccc1Cl)C(=O)c1ccc2c(c1)C[C@@H](C)N2S(C)(=O)=O. The van der Waals surface area contributed by atoms with E-state index >= 15 is 0 Å². The van der Waals surface area contributed by atoms with Crippen molar-refractivity contribution in [3.63, 3.8) is 0 Å². The molecule has 0 aromatic heterocycles. The van der Waals surface area contributed by atoms with Crippen LogP contribution in [-0.4, -0.2) is 50.5 Å². The van der Waals surface area contributed by atoms with E-state index in [1.54, 1.807) is 43.3 Å². The van der Waals surface area contributed by atoms with Gasteiger partial charge in [0, 0.05) is 18.2 Å². The van der Waals surface area contributed by atoms with Gasteiger partial charge in [-0.05, 0) is 56.2 Å². The van der Waals surface area contributed by atoms with Crippen LogP contribution in [0.4, 0.5) is 11.4 Å². The molecule has 0 saturated heterocycles. The Labute approximate surface area is 192 Å². The van der Waals surface area contributed by atoms with E-state index in [1.807, 2.05) is 6.92 Å². The second-order valence-electron chi connectivity index (χ2n) is 7.42. The van der Waals surface area contributed by atoms with Gasteiger partial charge in [-0.2, -0.15) is 0 Å². The first-order chi connectivity index (χ1) is 14.5. The molecule has 31 heavy (non-hydrogen) atoms. The number of hydrogen-bond donors (Lipinski definition) is 1. The normalized spacial score (nSPS) is 15.5. The number of rotatable bonds is 6. The van der Waals surface area contributed by atoms with Gasteiger partial charge in [0.05, 0.1) is 27.7 Å². The Kier molecular flexibility index (Phi) is 6.83. The van der Waals surface area contributed by atoms with Gasteiger partial charge in [-0.3, -0.25) is 13.9 Å². The van der Waals surface area contributed by atoms with Crippen molar-refractivity contribution in [1.82, 2.24) is 4.90 Å². The van der Waals surface area contributed by atoms with Crippen LogP contribution in [0.5, 0.6) is 0 Å². The summed E-state index contributed by atoms with van der Waals surface area (Å²) in [4.78, 5) is 26.9. The zero-order valence-electron chi connectivity index (χ0n) is 17.4. The zero-order chi connectivity index (χ0) is 22.9. The molecular formula is C21H23Cl2N3O4S. The minimum absolute atomic E-state index is 0.181. The van der Waals surface area contributed by atoms with Crippen molar-refractivity contribution in [3.05, 3.63) is 57.6 Å². The van der Waals surface area contributed by atoms with E-state index in [9.17, 15) is 18.0 Å². The third-order valence-electron chi connectivity index (χ3n) is 5.07. The van der Waals surface area contributed by atoms with Crippen molar-refractivity contribution in [3.8, 4) is 0 Å². The molecule has 1 N–H and O–H groups in total. The van der Waals surface area contributed by atoms with Crippen LogP contribution in [0.3, 0.4) is 0 Å². The van der Waals surface area contributed by atoms with Crippen molar-refractivity contribution in [2.75, 3.05) is 29.0 Å². The monoisotopic (exact) mass is 483 g/mol. The first-order valence-electron chi connectivity index (χ1n) is 9.68. The molecule has 0 saturated carbocycles. The van der Waals surface area contributed by atoms with Gasteiger partial charge in [-0.15, -0.1) is 0 Å². The molecule has 2 aromatic carbocycles. The first-order valence-corrected chi connectivity index (χ1v) is 12.3. The molecule has 2 amide bonds. The number of benzene rings is 2. The number of sulfonamides is 1. The lowest BCUT2D eigenvalue weighted by atomic mass is 10.1. The van der Waals surface area contributed by atoms with Gasteiger partial charge in [0.1, 0.15) is 6.54 Å². The van der Waals surface area contributed by atoms with Gasteiger partial charge >= 0.3 is 0 Å². The molecule has 0 aliphatic carbocycles. The van der Waals surface area contributed by atoms with E-state index in [4.69, 9.17) is 23.2 Å².